The molecule has 1 amide bonds. The molecule has 146 valence electrons. The standard InChI is InChI=1S/C19H19N3O4S2/c23-17(14-28(24,25)16-10-5-2-6-11-16)20-19-22-21-18(27-19)12-7-13-26-15-8-3-1-4-9-15/h1-6,8-11H,7,12-14H2,(H,20,22,23). The van der Waals surface area contributed by atoms with Crippen molar-refractivity contribution in [3.05, 3.63) is 65.7 Å². The number of hydrogen-bond donors (Lipinski definition) is 1. The Morgan fingerprint density at radius 2 is 1.68 bits per heavy atom. The first kappa shape index (κ1) is 20.0. The van der Waals surface area contributed by atoms with Crippen molar-refractivity contribution < 1.29 is 17.9 Å². The molecule has 0 atom stereocenters. The smallest absolute Gasteiger partial charge is 0.241 e. The van der Waals surface area contributed by atoms with Crippen molar-refractivity contribution in [3.63, 3.8) is 0 Å². The van der Waals surface area contributed by atoms with E-state index < -0.39 is 21.5 Å². The van der Waals surface area contributed by atoms with Crippen molar-refractivity contribution in [3.8, 4) is 5.75 Å². The van der Waals surface area contributed by atoms with E-state index in [1.54, 1.807) is 18.2 Å². The molecule has 0 saturated heterocycles. The summed E-state index contributed by atoms with van der Waals surface area (Å²) in [5, 5.41) is 11.4. The van der Waals surface area contributed by atoms with E-state index in [1.165, 1.54) is 23.5 Å². The topological polar surface area (TPSA) is 98.2 Å². The number of ether oxygens (including phenoxy) is 1. The monoisotopic (exact) mass is 417 g/mol. The number of benzene rings is 2. The first-order chi connectivity index (χ1) is 13.5. The van der Waals surface area contributed by atoms with Crippen molar-refractivity contribution in [2.24, 2.45) is 0 Å². The zero-order chi connectivity index (χ0) is 19.8. The lowest BCUT2D eigenvalue weighted by Crippen LogP contribution is -2.22. The zero-order valence-corrected chi connectivity index (χ0v) is 16.6. The Labute approximate surface area is 167 Å². The van der Waals surface area contributed by atoms with Crippen molar-refractivity contribution in [1.29, 1.82) is 0 Å². The molecule has 2 aromatic carbocycles. The van der Waals surface area contributed by atoms with Crippen LogP contribution in [0.3, 0.4) is 0 Å². The van der Waals surface area contributed by atoms with E-state index in [-0.39, 0.29) is 10.0 Å². The third-order valence-electron chi connectivity index (χ3n) is 3.68. The average Bonchev–Trinajstić information content (AvgIpc) is 3.13. The summed E-state index contributed by atoms with van der Waals surface area (Å²) in [6.07, 6.45) is 1.41. The number of aryl methyl sites for hydroxylation is 1. The minimum atomic E-state index is -3.69. The average molecular weight is 418 g/mol. The fraction of sp³-hybridized carbons (Fsp3) is 0.211. The number of para-hydroxylation sites is 1. The van der Waals surface area contributed by atoms with E-state index in [2.05, 4.69) is 15.5 Å². The number of anilines is 1. The molecule has 0 aliphatic heterocycles. The van der Waals surface area contributed by atoms with Crippen molar-refractivity contribution in [2.75, 3.05) is 17.7 Å². The van der Waals surface area contributed by atoms with E-state index in [0.717, 1.165) is 17.2 Å². The maximum Gasteiger partial charge on any atom is 0.241 e. The molecule has 0 aliphatic carbocycles. The van der Waals surface area contributed by atoms with Gasteiger partial charge in [0.1, 0.15) is 16.5 Å². The lowest BCUT2D eigenvalue weighted by molar-refractivity contribution is -0.113. The lowest BCUT2D eigenvalue weighted by atomic mass is 10.3. The van der Waals surface area contributed by atoms with Crippen LogP contribution in [-0.2, 0) is 21.1 Å². The third kappa shape index (κ3) is 5.86. The number of carbonyl (C=O) groups is 1. The second kappa shape index (κ2) is 9.43. The number of amides is 1. The highest BCUT2D eigenvalue weighted by atomic mass is 32.2. The summed E-state index contributed by atoms with van der Waals surface area (Å²) < 4.78 is 30.1. The molecule has 0 unspecified atom stereocenters. The highest BCUT2D eigenvalue weighted by Gasteiger charge is 2.20. The molecule has 0 spiro atoms. The molecule has 1 aromatic heterocycles. The van der Waals surface area contributed by atoms with Gasteiger partial charge in [0.15, 0.2) is 9.84 Å². The van der Waals surface area contributed by atoms with Crippen LogP contribution in [0.1, 0.15) is 11.4 Å². The SMILES string of the molecule is O=C(CS(=O)(=O)c1ccccc1)Nc1nnc(CCCOc2ccccc2)s1. The Morgan fingerprint density at radius 1 is 1.00 bits per heavy atom. The molecule has 3 rings (SSSR count). The van der Waals surface area contributed by atoms with Crippen LogP contribution in [0.15, 0.2) is 65.6 Å². The van der Waals surface area contributed by atoms with Gasteiger partial charge >= 0.3 is 0 Å². The quantitative estimate of drug-likeness (QED) is 0.538. The molecule has 0 saturated carbocycles. The Morgan fingerprint density at radius 3 is 2.39 bits per heavy atom. The van der Waals surface area contributed by atoms with Crippen LogP contribution in [0.4, 0.5) is 5.13 Å². The van der Waals surface area contributed by atoms with Crippen LogP contribution in [0.5, 0.6) is 5.75 Å². The van der Waals surface area contributed by atoms with E-state index in [0.29, 0.717) is 13.0 Å². The lowest BCUT2D eigenvalue weighted by Gasteiger charge is -2.04. The number of nitrogens with zero attached hydrogens (tertiary/aromatic N) is 2. The summed E-state index contributed by atoms with van der Waals surface area (Å²) in [6.45, 7) is 0.542. The Hall–Kier alpha value is -2.78. The van der Waals surface area contributed by atoms with E-state index >= 15 is 0 Å². The molecule has 1 heterocycles. The third-order valence-corrected chi connectivity index (χ3v) is 6.21. The molecule has 0 radical (unpaired) electrons. The van der Waals surface area contributed by atoms with Gasteiger partial charge in [0.25, 0.3) is 0 Å². The van der Waals surface area contributed by atoms with Gasteiger partial charge < -0.3 is 4.74 Å². The number of carbonyl (C=O) groups excluding carboxylic acids is 1. The summed E-state index contributed by atoms with van der Waals surface area (Å²) in [5.41, 5.74) is 0. The van der Waals surface area contributed by atoms with Crippen LogP contribution in [0.2, 0.25) is 0 Å². The van der Waals surface area contributed by atoms with Crippen LogP contribution in [0, 0.1) is 0 Å². The second-order valence-corrected chi connectivity index (χ2v) is 8.94. The largest absolute Gasteiger partial charge is 0.494 e. The minimum absolute atomic E-state index is 0.113. The maximum atomic E-state index is 12.2. The Balaban J connectivity index is 1.45. The van der Waals surface area contributed by atoms with Gasteiger partial charge in [-0.3, -0.25) is 10.1 Å². The van der Waals surface area contributed by atoms with Crippen molar-refractivity contribution in [2.45, 2.75) is 17.7 Å². The number of sulfone groups is 1. The molecule has 0 aliphatic rings. The molecule has 9 heteroatoms. The molecular formula is C19H19N3O4S2. The normalized spacial score (nSPS) is 11.1. The Bertz CT molecular complexity index is 1010. The molecular weight excluding hydrogens is 398 g/mol. The van der Waals surface area contributed by atoms with Gasteiger partial charge in [0.05, 0.1) is 11.5 Å². The Kier molecular flexibility index (Phi) is 6.72. The van der Waals surface area contributed by atoms with Crippen LogP contribution >= 0.6 is 11.3 Å². The fourth-order valence-electron chi connectivity index (χ4n) is 2.37. The number of nitrogens with one attached hydrogen (secondary N) is 1. The predicted molar refractivity (Wildman–Crippen MR) is 107 cm³/mol. The molecule has 1 N–H and O–H groups in total. The zero-order valence-electron chi connectivity index (χ0n) is 14.9. The first-order valence-electron chi connectivity index (χ1n) is 8.61. The van der Waals surface area contributed by atoms with Crippen molar-refractivity contribution in [1.82, 2.24) is 10.2 Å². The van der Waals surface area contributed by atoms with Crippen LogP contribution in [0.25, 0.3) is 0 Å². The minimum Gasteiger partial charge on any atom is -0.494 e. The van der Waals surface area contributed by atoms with E-state index in [4.69, 9.17) is 4.74 Å². The number of rotatable bonds is 9. The van der Waals surface area contributed by atoms with Gasteiger partial charge in [-0.1, -0.05) is 47.7 Å². The molecule has 3 aromatic rings. The highest BCUT2D eigenvalue weighted by Crippen LogP contribution is 2.18. The molecule has 0 bridgehead atoms. The van der Waals surface area contributed by atoms with Crippen molar-refractivity contribution >= 4 is 32.2 Å². The summed E-state index contributed by atoms with van der Waals surface area (Å²) in [6, 6.07) is 17.4. The second-order valence-electron chi connectivity index (χ2n) is 5.89. The fourth-order valence-corrected chi connectivity index (χ4v) is 4.33. The molecule has 7 nitrogen and oxygen atoms in total. The molecule has 0 fully saturated rings. The predicted octanol–water partition coefficient (Wildman–Crippen LogP) is 2.96. The summed E-state index contributed by atoms with van der Waals surface area (Å²) >= 11 is 1.22. The summed E-state index contributed by atoms with van der Waals surface area (Å²) in [5.74, 6) is -0.470. The summed E-state index contributed by atoms with van der Waals surface area (Å²) in [4.78, 5) is 12.2. The highest BCUT2D eigenvalue weighted by molar-refractivity contribution is 7.92. The van der Waals surface area contributed by atoms with Crippen LogP contribution < -0.4 is 10.1 Å². The first-order valence-corrected chi connectivity index (χ1v) is 11.1. The number of hydrogen-bond acceptors (Lipinski definition) is 7. The van der Waals surface area contributed by atoms with Gasteiger partial charge in [-0.25, -0.2) is 8.42 Å². The van der Waals surface area contributed by atoms with Gasteiger partial charge in [-0.2, -0.15) is 0 Å². The number of aromatic nitrogens is 2. The van der Waals surface area contributed by atoms with Gasteiger partial charge in [0, 0.05) is 6.42 Å². The van der Waals surface area contributed by atoms with Gasteiger partial charge in [0.2, 0.25) is 11.0 Å². The summed E-state index contributed by atoms with van der Waals surface area (Å²) in [7, 11) is -3.69. The van der Waals surface area contributed by atoms with Gasteiger partial charge in [-0.15, -0.1) is 10.2 Å². The van der Waals surface area contributed by atoms with Gasteiger partial charge in [-0.05, 0) is 30.7 Å². The van der Waals surface area contributed by atoms with E-state index in [9.17, 15) is 13.2 Å². The van der Waals surface area contributed by atoms with Crippen LogP contribution in [-0.4, -0.2) is 36.9 Å². The van der Waals surface area contributed by atoms with E-state index in [1.807, 2.05) is 30.3 Å². The maximum absolute atomic E-state index is 12.2. The molecule has 28 heavy (non-hydrogen) atoms.